The van der Waals surface area contributed by atoms with Gasteiger partial charge in [-0.1, -0.05) is 0 Å². The number of nitrogens with zero attached hydrogens (tertiary/aromatic N) is 1. The number of carbonyl (C=O) groups is 1. The Morgan fingerprint density at radius 2 is 1.76 bits per heavy atom. The molecule has 1 aliphatic heterocycles. The molecule has 0 saturated heterocycles. The van der Waals surface area contributed by atoms with Gasteiger partial charge in [0.2, 0.25) is 11.7 Å². The second-order valence-corrected chi connectivity index (χ2v) is 6.51. The van der Waals surface area contributed by atoms with Crippen molar-refractivity contribution in [3.8, 4) is 34.5 Å². The van der Waals surface area contributed by atoms with Gasteiger partial charge >= 0.3 is 0 Å². The first-order valence-corrected chi connectivity index (χ1v) is 8.31. The second kappa shape index (κ2) is 7.08. The van der Waals surface area contributed by atoms with Crippen molar-refractivity contribution in [3.05, 3.63) is 41.5 Å². The van der Waals surface area contributed by atoms with Crippen LogP contribution in [0, 0.1) is 0 Å². The Balaban J connectivity index is 2.18. The maximum Gasteiger partial charge on any atom is 0.249 e. The van der Waals surface area contributed by atoms with Gasteiger partial charge in [0, 0.05) is 24.2 Å². The fourth-order valence-corrected chi connectivity index (χ4v) is 2.95. The van der Waals surface area contributed by atoms with Crippen molar-refractivity contribution in [1.29, 1.82) is 0 Å². The van der Waals surface area contributed by atoms with E-state index in [1.165, 1.54) is 13.2 Å². The molecular formula is C19H19NO9. The summed E-state index contributed by atoms with van der Waals surface area (Å²) < 4.78 is 10.7. The minimum atomic E-state index is -2.04. The number of fused-ring (bicyclic) bond motifs is 1. The third-order valence-corrected chi connectivity index (χ3v) is 4.47. The fourth-order valence-electron chi connectivity index (χ4n) is 2.95. The molecule has 0 aromatic heterocycles. The number of aliphatic hydroxyl groups is 1. The molecule has 1 atom stereocenters. The highest BCUT2D eigenvalue weighted by Crippen LogP contribution is 2.47. The van der Waals surface area contributed by atoms with Crippen LogP contribution in [0.15, 0.2) is 30.3 Å². The molecule has 0 fully saturated rings. The van der Waals surface area contributed by atoms with E-state index in [4.69, 9.17) is 9.47 Å². The predicted molar refractivity (Wildman–Crippen MR) is 97.8 cm³/mol. The van der Waals surface area contributed by atoms with Crippen LogP contribution in [-0.2, 0) is 10.4 Å². The van der Waals surface area contributed by atoms with E-state index in [1.54, 1.807) is 0 Å². The third-order valence-electron chi connectivity index (χ3n) is 4.47. The van der Waals surface area contributed by atoms with Gasteiger partial charge in [-0.25, -0.2) is 5.06 Å². The van der Waals surface area contributed by atoms with Crippen LogP contribution in [0.4, 0.5) is 0 Å². The zero-order valence-corrected chi connectivity index (χ0v) is 15.4. The molecule has 0 spiro atoms. The van der Waals surface area contributed by atoms with E-state index >= 15 is 0 Å². The maximum atomic E-state index is 12.1. The van der Waals surface area contributed by atoms with Gasteiger partial charge < -0.3 is 35.0 Å². The number of benzene rings is 2. The van der Waals surface area contributed by atoms with Crippen LogP contribution in [-0.4, -0.2) is 55.9 Å². The van der Waals surface area contributed by atoms with Gasteiger partial charge in [0.1, 0.15) is 17.1 Å². The summed E-state index contributed by atoms with van der Waals surface area (Å²) in [5.41, 5.74) is -1.89. The van der Waals surface area contributed by atoms with Crippen molar-refractivity contribution in [2.45, 2.75) is 12.0 Å². The Hall–Kier alpha value is -3.63. The highest BCUT2D eigenvalue weighted by Gasteiger charge is 2.39. The van der Waals surface area contributed by atoms with Crippen molar-refractivity contribution in [3.63, 3.8) is 0 Å². The lowest BCUT2D eigenvalue weighted by Gasteiger charge is -2.33. The van der Waals surface area contributed by atoms with Gasteiger partial charge in [0.05, 0.1) is 13.5 Å². The van der Waals surface area contributed by atoms with E-state index in [-0.39, 0.29) is 28.4 Å². The minimum Gasteiger partial charge on any atom is -0.504 e. The number of carbonyl (C=O) groups excluding carboxylic acids is 1. The van der Waals surface area contributed by atoms with E-state index in [1.807, 2.05) is 0 Å². The highest BCUT2D eigenvalue weighted by atomic mass is 16.5. The van der Waals surface area contributed by atoms with Crippen LogP contribution >= 0.6 is 0 Å². The van der Waals surface area contributed by atoms with Crippen molar-refractivity contribution < 1.29 is 45.0 Å². The Labute approximate surface area is 164 Å². The van der Waals surface area contributed by atoms with Crippen molar-refractivity contribution >= 4 is 11.7 Å². The van der Waals surface area contributed by atoms with E-state index < -0.39 is 40.9 Å². The summed E-state index contributed by atoms with van der Waals surface area (Å²) >= 11 is 0. The van der Waals surface area contributed by atoms with E-state index in [2.05, 4.69) is 0 Å². The molecule has 0 saturated carbocycles. The number of methoxy groups -OCH3 is 1. The van der Waals surface area contributed by atoms with Crippen molar-refractivity contribution in [2.24, 2.45) is 0 Å². The number of ether oxygens (including phenoxy) is 2. The van der Waals surface area contributed by atoms with Crippen LogP contribution in [0.3, 0.4) is 0 Å². The molecule has 6 N–H and O–H groups in total. The summed E-state index contributed by atoms with van der Waals surface area (Å²) in [5, 5.41) is 60.2. The number of amides is 1. The van der Waals surface area contributed by atoms with Gasteiger partial charge in [0.25, 0.3) is 0 Å². The molecule has 1 heterocycles. The van der Waals surface area contributed by atoms with E-state index in [0.29, 0.717) is 5.06 Å². The van der Waals surface area contributed by atoms with Crippen LogP contribution in [0.25, 0.3) is 5.76 Å². The quantitative estimate of drug-likeness (QED) is 0.251. The zero-order valence-electron chi connectivity index (χ0n) is 15.4. The zero-order chi connectivity index (χ0) is 21.5. The topological polar surface area (TPSA) is 160 Å². The number of hydroxylamine groups is 2. The molecule has 1 aliphatic rings. The number of hydrogen-bond donors (Lipinski definition) is 6. The number of hydrogen-bond acceptors (Lipinski definition) is 9. The lowest BCUT2D eigenvalue weighted by molar-refractivity contribution is -0.163. The first kappa shape index (κ1) is 20.1. The molecule has 2 aromatic rings. The molecule has 0 radical (unpaired) electrons. The Morgan fingerprint density at radius 3 is 2.38 bits per heavy atom. The van der Waals surface area contributed by atoms with Gasteiger partial charge in [-0.15, -0.1) is 0 Å². The summed E-state index contributed by atoms with van der Waals surface area (Å²) in [6.45, 7) is 0. The molecule has 29 heavy (non-hydrogen) atoms. The summed E-state index contributed by atoms with van der Waals surface area (Å²) in [7, 11) is 2.37. The van der Waals surface area contributed by atoms with Crippen LogP contribution in [0.1, 0.15) is 17.5 Å². The van der Waals surface area contributed by atoms with Crippen LogP contribution < -0.4 is 9.47 Å². The summed E-state index contributed by atoms with van der Waals surface area (Å²) in [5.74, 6) is -3.10. The fraction of sp³-hybridized carbons (Fsp3) is 0.211. The highest BCUT2D eigenvalue weighted by molar-refractivity contribution is 5.79. The standard InChI is InChI=1S/C19H19NO9/c1-20(27)17(24)8-19(26)7-16(9-3-13(23)18(25)15(4-9)28-2)29-14-6-12(22)11(21)5-10(14)19/h3-7,21-23,25-27H,8H2,1-2H3. The number of phenolic OH excluding ortho intramolecular Hbond substituents is 4. The molecule has 0 bridgehead atoms. The number of rotatable bonds is 4. The molecule has 1 unspecified atom stereocenters. The molecule has 1 amide bonds. The first-order valence-electron chi connectivity index (χ1n) is 8.31. The second-order valence-electron chi connectivity index (χ2n) is 6.51. The Bertz CT molecular complexity index is 1020. The van der Waals surface area contributed by atoms with Gasteiger partial charge in [0.15, 0.2) is 23.0 Å². The number of phenols is 4. The van der Waals surface area contributed by atoms with E-state index in [0.717, 1.165) is 31.3 Å². The number of aromatic hydroxyl groups is 4. The smallest absolute Gasteiger partial charge is 0.249 e. The van der Waals surface area contributed by atoms with Crippen molar-refractivity contribution in [2.75, 3.05) is 14.2 Å². The van der Waals surface area contributed by atoms with Gasteiger partial charge in [-0.3, -0.25) is 10.0 Å². The van der Waals surface area contributed by atoms with Crippen LogP contribution in [0.5, 0.6) is 34.5 Å². The molecule has 2 aromatic carbocycles. The average Bonchev–Trinajstić information content (AvgIpc) is 2.65. The SMILES string of the molecule is COc1cc(C2=CC(O)(CC(=O)N(C)O)c3cc(O)c(O)cc3O2)cc(O)c1O. The summed E-state index contributed by atoms with van der Waals surface area (Å²) in [6, 6.07) is 4.56. The lowest BCUT2D eigenvalue weighted by Crippen LogP contribution is -2.35. The monoisotopic (exact) mass is 405 g/mol. The van der Waals surface area contributed by atoms with E-state index in [9.17, 15) is 35.5 Å². The molecule has 10 nitrogen and oxygen atoms in total. The molecule has 0 aliphatic carbocycles. The molecule has 10 heteroatoms. The largest absolute Gasteiger partial charge is 0.504 e. The average molecular weight is 405 g/mol. The normalized spacial score (nSPS) is 17.7. The Morgan fingerprint density at radius 1 is 1.10 bits per heavy atom. The predicted octanol–water partition coefficient (Wildman–Crippen LogP) is 1.38. The molecular weight excluding hydrogens is 386 g/mol. The molecule has 154 valence electrons. The van der Waals surface area contributed by atoms with Gasteiger partial charge in [-0.2, -0.15) is 0 Å². The first-order chi connectivity index (χ1) is 13.6. The Kier molecular flexibility index (Phi) is 4.91. The van der Waals surface area contributed by atoms with Crippen molar-refractivity contribution in [1.82, 2.24) is 5.06 Å². The third kappa shape index (κ3) is 3.58. The van der Waals surface area contributed by atoms with Crippen LogP contribution in [0.2, 0.25) is 0 Å². The minimum absolute atomic E-state index is 0.0262. The lowest BCUT2D eigenvalue weighted by atomic mass is 9.85. The van der Waals surface area contributed by atoms with Gasteiger partial charge in [-0.05, 0) is 24.3 Å². The summed E-state index contributed by atoms with van der Waals surface area (Å²) in [6.07, 6.45) is 0.532. The summed E-state index contributed by atoms with van der Waals surface area (Å²) in [4.78, 5) is 12.1. The maximum absolute atomic E-state index is 12.1. The molecule has 3 rings (SSSR count).